The van der Waals surface area contributed by atoms with Crippen LogP contribution in [0.2, 0.25) is 0 Å². The van der Waals surface area contributed by atoms with Gasteiger partial charge in [0, 0.05) is 356 Å². The normalized spacial score (nSPS) is 10.7. The van der Waals surface area contributed by atoms with Crippen molar-refractivity contribution < 1.29 is 340 Å². The van der Waals surface area contributed by atoms with Crippen LogP contribution < -0.4 is 0 Å². The van der Waals surface area contributed by atoms with Crippen molar-refractivity contribution in [3.8, 4) is 0 Å². The Balaban J connectivity index is -0.0000000143. The maximum atomic E-state index is 9.76. The number of rotatable bonds is 34. The van der Waals surface area contributed by atoms with Crippen LogP contribution in [0.4, 0.5) is 0 Å². The minimum absolute atomic E-state index is 0. The summed E-state index contributed by atoms with van der Waals surface area (Å²) in [4.78, 5) is 22.6. The molecular weight excluding hydrogens is 3450 g/mol. The molecule has 0 rings (SSSR count). The van der Waals surface area contributed by atoms with Crippen LogP contribution in [0.25, 0.3) is 0 Å². The molecule has 0 aliphatic heterocycles. The Bertz CT molecular complexity index is 1530. The molecule has 0 bridgehead atoms. The maximum absolute atomic E-state index is 9.76. The van der Waals surface area contributed by atoms with E-state index < -0.39 is 33.6 Å². The van der Waals surface area contributed by atoms with Crippen molar-refractivity contribution in [2.45, 2.75) is 426 Å². The van der Waals surface area contributed by atoms with E-state index in [4.69, 9.17) is 30.6 Å². The van der Waals surface area contributed by atoms with E-state index in [9.17, 15) is 25.5 Å². The van der Waals surface area contributed by atoms with Crippen molar-refractivity contribution in [2.24, 2.45) is 5.92 Å². The van der Waals surface area contributed by atoms with Crippen LogP contribution in [0.1, 0.15) is 362 Å². The topological polar surface area (TPSA) is 258 Å². The Kier molecular flexibility index (Phi) is 413. The molecule has 7 atom stereocenters. The largest absolute Gasteiger partial charge is 0.393 e. The van der Waals surface area contributed by atoms with Crippen LogP contribution in [-0.4, -0.2) is 398 Å². The summed E-state index contributed by atoms with van der Waals surface area (Å²) in [5.41, 5.74) is -3.14. The van der Waals surface area contributed by atoms with Crippen molar-refractivity contribution in [3.63, 3.8) is 0 Å². The fraction of sp³-hybridized carbons (Fsp3) is 1.00. The molecule has 7 unspecified atom stereocenters. The van der Waals surface area contributed by atoms with E-state index in [0.29, 0.717) is 12.5 Å². The summed E-state index contributed by atoms with van der Waals surface area (Å²) in [5.74, 6) is 0.375. The molecule has 0 aromatic carbocycles. The third-order valence-corrected chi connectivity index (χ3v) is 13.6. The quantitative estimate of drug-likeness (QED) is 0.0268. The molecule has 0 saturated carbocycles. The molecule has 0 fully saturated rings. The molecule has 0 heterocycles. The van der Waals surface area contributed by atoms with Crippen LogP contribution in [0.3, 0.4) is 0 Å². The average molecular weight is 3720 g/mol. The van der Waals surface area contributed by atoms with Crippen molar-refractivity contribution in [1.82, 2.24) is 53.9 Å². The van der Waals surface area contributed by atoms with E-state index >= 15 is 0 Å². The molecular formula is C96H269Hf11N11O11. The molecule has 0 saturated heterocycles. The minimum atomic E-state index is -0.552. The number of hydrogen-bond acceptors (Lipinski definition) is 22. The summed E-state index contributed by atoms with van der Waals surface area (Å²) < 4.78 is 0. The predicted octanol–water partition coefficient (Wildman–Crippen LogP) is 20.5. The second-order valence-corrected chi connectivity index (χ2v) is 31.0. The molecule has 129 heavy (non-hydrogen) atoms. The molecule has 22 nitrogen and oxygen atoms in total. The molecule has 0 spiro atoms. The smallest absolute Gasteiger partial charge is 0.0768 e. The van der Waals surface area contributed by atoms with E-state index in [1.165, 1.54) is 0 Å². The monoisotopic (exact) mass is 3730 g/mol. The standard InChI is InChI=1S/2C8H19NO.5C7H17NO.3C6H15NO.C5H13NO.22CH4.11Hf/c1-5-8(10,6-2)7-9(3)4;1-5-9(6-2)7-8(3,4)10;1-7(2,9)5-6-8(3)4;1-6(7(2)9)5-8(3)4;1-5-7(2,9)6-8(3)4;1-5-8(4)6-7(2,3)9;1-4-8(5-2)6-7(3)9;1-6(2,8)5-7(3)4;1-4-6(8)5-7(2)3;1-4-7(3)5-6(2)8;1-5(7)4-6(2)3;;;;;;;;;;;;;;;;;;;;;;;;;;;;;;;;;/h2*10H,5-7H2,1-4H3;9H,5-6H2,1-4H3;6-7,9H,5H2,1-4H3;2*9H,5-6H2,1-4H3;7,9H,4-6H2,1-3H3;8H,5H2,1-4H3;2*6,8H,4-5H2,1-3H3;5,7H,4H2,1-3H3;22*1H4;;;;;;;;;;;. The second-order valence-electron chi connectivity index (χ2n) is 31.0. The number of nitrogens with zero attached hydrogens (tertiary/aromatic N) is 11. The Morgan fingerprint density at radius 1 is 0.240 bits per heavy atom. The molecule has 0 amide bonds. The third kappa shape index (κ3) is 330. The van der Waals surface area contributed by atoms with Gasteiger partial charge in [-0.25, -0.2) is 0 Å². The van der Waals surface area contributed by atoms with Gasteiger partial charge >= 0.3 is 0 Å². The molecule has 818 valence electrons. The zero-order chi connectivity index (χ0) is 79.4. The van der Waals surface area contributed by atoms with Gasteiger partial charge in [0.2, 0.25) is 0 Å². The molecule has 0 aromatic rings. The van der Waals surface area contributed by atoms with E-state index in [0.717, 1.165) is 137 Å². The van der Waals surface area contributed by atoms with Crippen LogP contribution >= 0.6 is 0 Å². The molecule has 0 aromatic heterocycles. The summed E-state index contributed by atoms with van der Waals surface area (Å²) in [6, 6.07) is 0. The van der Waals surface area contributed by atoms with Gasteiger partial charge in [0.1, 0.15) is 0 Å². The zero-order valence-corrected chi connectivity index (χ0v) is 117. The zero-order valence-electron chi connectivity index (χ0n) is 77.4. The molecule has 33 heteroatoms. The van der Waals surface area contributed by atoms with Gasteiger partial charge in [-0.15, -0.1) is 0 Å². The van der Waals surface area contributed by atoms with E-state index in [2.05, 4.69) is 70.9 Å². The van der Waals surface area contributed by atoms with Crippen molar-refractivity contribution in [1.29, 1.82) is 0 Å². The average Bonchev–Trinajstić information content (AvgIpc) is 0.918. The number of aliphatic hydroxyl groups excluding tert-OH is 5. The summed E-state index contributed by atoms with van der Waals surface area (Å²) in [6.45, 7) is 61.1. The fourth-order valence-corrected chi connectivity index (χ4v) is 8.14. The van der Waals surface area contributed by atoms with Crippen LogP contribution in [-0.2, 0) is 284 Å². The van der Waals surface area contributed by atoms with Gasteiger partial charge in [-0.2, -0.15) is 0 Å². The van der Waals surface area contributed by atoms with Crippen LogP contribution in [0.5, 0.6) is 0 Å². The number of likely N-dealkylation sites (N-methyl/N-ethyl adjacent to an activating group) is 9. The number of aliphatic hydroxyl groups is 11. The van der Waals surface area contributed by atoms with E-state index in [1.54, 1.807) is 27.7 Å². The summed E-state index contributed by atoms with van der Waals surface area (Å²) in [7, 11) is 31.6. The van der Waals surface area contributed by atoms with Gasteiger partial charge < -0.3 is 110 Å². The van der Waals surface area contributed by atoms with Crippen molar-refractivity contribution in [2.75, 3.05) is 224 Å². The summed E-state index contributed by atoms with van der Waals surface area (Å²) in [6.07, 6.45) is 3.24. The molecule has 0 aliphatic rings. The van der Waals surface area contributed by atoms with Crippen molar-refractivity contribution in [3.05, 3.63) is 0 Å². The first-order valence-electron chi connectivity index (χ1n) is 36.1. The van der Waals surface area contributed by atoms with Gasteiger partial charge in [-0.1, -0.05) is 240 Å². The van der Waals surface area contributed by atoms with E-state index in [-0.39, 0.29) is 478 Å². The van der Waals surface area contributed by atoms with Crippen LogP contribution in [0, 0.1) is 5.92 Å². The maximum Gasteiger partial charge on any atom is 0.0768 e. The fourth-order valence-electron chi connectivity index (χ4n) is 8.14. The van der Waals surface area contributed by atoms with Gasteiger partial charge in [0.15, 0.2) is 0 Å². The van der Waals surface area contributed by atoms with Gasteiger partial charge in [0.05, 0.1) is 64.1 Å². The summed E-state index contributed by atoms with van der Waals surface area (Å²) in [5, 5.41) is 101. The Morgan fingerprint density at radius 3 is 0.558 bits per heavy atom. The van der Waals surface area contributed by atoms with E-state index in [1.807, 2.05) is 234 Å². The van der Waals surface area contributed by atoms with Crippen LogP contribution in [0.15, 0.2) is 0 Å². The van der Waals surface area contributed by atoms with Gasteiger partial charge in [-0.05, 0) is 280 Å². The third-order valence-electron chi connectivity index (χ3n) is 13.6. The Labute approximate surface area is 1040 Å². The summed E-state index contributed by atoms with van der Waals surface area (Å²) >= 11 is 0. The first kappa shape index (κ1) is 293. The first-order chi connectivity index (χ1) is 43.0. The Morgan fingerprint density at radius 2 is 0.488 bits per heavy atom. The number of hydrogen-bond donors (Lipinski definition) is 11. The molecule has 0 aliphatic carbocycles. The Hall–Kier alpha value is 8.69. The van der Waals surface area contributed by atoms with Crippen molar-refractivity contribution >= 4 is 0 Å². The predicted molar refractivity (Wildman–Crippen MR) is 568 cm³/mol. The second kappa shape index (κ2) is 182. The minimum Gasteiger partial charge on any atom is -0.393 e. The van der Waals surface area contributed by atoms with Gasteiger partial charge in [-0.3, -0.25) is 0 Å². The molecule has 11 N–H and O–H groups in total. The van der Waals surface area contributed by atoms with Gasteiger partial charge in [0.25, 0.3) is 0 Å². The first-order valence-corrected chi connectivity index (χ1v) is 36.1. The molecule has 0 radical (unpaired) electrons. The SMILES string of the molecule is C.C.C.C.C.C.C.C.C.C.C.C.C.C.C.C.C.C.C.C.C.C.CC(O)C(C)CN(C)C.CC(O)CN(C)C.CCC(C)(O)CN(C)C.CCC(O)(CC)CN(C)C.CCC(O)CN(C)C.CCN(C)CC(C)(C)O.CCN(C)CC(C)O.CCN(CC)CC(C)(C)O.CCN(CC)CC(C)O.CN(C)CC(C)(C)O.CN(C)CCC(C)(C)O.[Hf].[Hf].[Hf].[Hf].[Hf].[Hf].[Hf].[Hf].[Hf].[Hf].[Hf].